The highest BCUT2D eigenvalue weighted by molar-refractivity contribution is 7.14. The highest BCUT2D eigenvalue weighted by atomic mass is 32.1. The highest BCUT2D eigenvalue weighted by Crippen LogP contribution is 2.25. The minimum Gasteiger partial charge on any atom is -0.384 e. The number of aliphatic hydroxyl groups is 1. The molecule has 0 saturated heterocycles. The normalized spacial score (nSPS) is 11.2. The van der Waals surface area contributed by atoms with E-state index in [2.05, 4.69) is 11.8 Å². The van der Waals surface area contributed by atoms with Gasteiger partial charge in [-0.2, -0.15) is 13.2 Å². The van der Waals surface area contributed by atoms with Gasteiger partial charge in [-0.1, -0.05) is 11.8 Å². The van der Waals surface area contributed by atoms with Crippen molar-refractivity contribution in [2.45, 2.75) is 33.0 Å². The number of alkyl halides is 3. The third-order valence-electron chi connectivity index (χ3n) is 2.64. The quantitative estimate of drug-likeness (QED) is 0.870. The van der Waals surface area contributed by atoms with E-state index in [1.54, 1.807) is 6.92 Å². The molecule has 3 nitrogen and oxygen atoms in total. The Hall–Kier alpha value is -1.52. The van der Waals surface area contributed by atoms with E-state index in [-0.39, 0.29) is 11.5 Å². The average Bonchev–Trinajstić information content (AvgIpc) is 2.73. The van der Waals surface area contributed by atoms with Crippen LogP contribution in [0.3, 0.4) is 0 Å². The molecule has 1 N–H and O–H groups in total. The van der Waals surface area contributed by atoms with Gasteiger partial charge < -0.3 is 10.0 Å². The van der Waals surface area contributed by atoms with Gasteiger partial charge in [0.05, 0.1) is 9.75 Å². The van der Waals surface area contributed by atoms with Crippen LogP contribution in [0.25, 0.3) is 0 Å². The Morgan fingerprint density at radius 2 is 2.10 bits per heavy atom. The summed E-state index contributed by atoms with van der Waals surface area (Å²) in [5, 5.41) is 8.65. The molecule has 0 bridgehead atoms. The second kappa shape index (κ2) is 6.96. The van der Waals surface area contributed by atoms with Crippen molar-refractivity contribution < 1.29 is 23.1 Å². The van der Waals surface area contributed by atoms with Crippen molar-refractivity contribution in [1.82, 2.24) is 4.90 Å². The van der Waals surface area contributed by atoms with Gasteiger partial charge >= 0.3 is 6.18 Å². The molecule has 7 heteroatoms. The van der Waals surface area contributed by atoms with Crippen LogP contribution < -0.4 is 0 Å². The zero-order valence-electron chi connectivity index (χ0n) is 11.9. The Labute approximate surface area is 125 Å². The molecule has 0 fully saturated rings. The van der Waals surface area contributed by atoms with Crippen molar-refractivity contribution in [3.05, 3.63) is 21.4 Å². The summed E-state index contributed by atoms with van der Waals surface area (Å²) in [6.07, 6.45) is -4.44. The summed E-state index contributed by atoms with van der Waals surface area (Å²) < 4.78 is 37.7. The van der Waals surface area contributed by atoms with Crippen LogP contribution in [0.2, 0.25) is 0 Å². The fourth-order valence-corrected chi connectivity index (χ4v) is 2.66. The van der Waals surface area contributed by atoms with Gasteiger partial charge in [0.25, 0.3) is 5.91 Å². The lowest BCUT2D eigenvalue weighted by Crippen LogP contribution is -2.43. The fraction of sp³-hybridized carbons (Fsp3) is 0.500. The molecular formula is C14H16F3NO2S. The molecular weight excluding hydrogens is 303 g/mol. The Bertz CT molecular complexity index is 567. The van der Waals surface area contributed by atoms with Crippen molar-refractivity contribution in [3.63, 3.8) is 0 Å². The summed E-state index contributed by atoms with van der Waals surface area (Å²) in [6.45, 7) is 3.20. The van der Waals surface area contributed by atoms with Crippen molar-refractivity contribution in [2.24, 2.45) is 0 Å². The summed E-state index contributed by atoms with van der Waals surface area (Å²) >= 11 is 1.04. The number of aryl methyl sites for hydroxylation is 1. The highest BCUT2D eigenvalue weighted by Gasteiger charge is 2.35. The second-order valence-electron chi connectivity index (χ2n) is 4.72. The molecule has 21 heavy (non-hydrogen) atoms. The van der Waals surface area contributed by atoms with E-state index >= 15 is 0 Å². The SMILES string of the molecule is Cc1cc(C(=O)N(CC(F)(F)F)C(C)C)sc1C#CCO. The molecule has 1 aromatic heterocycles. The minimum absolute atomic E-state index is 0.215. The summed E-state index contributed by atoms with van der Waals surface area (Å²) in [6, 6.07) is 0.966. The number of aliphatic hydroxyl groups excluding tert-OH is 1. The number of carbonyl (C=O) groups excluding carboxylic acids is 1. The third kappa shape index (κ3) is 5.06. The number of nitrogens with zero attached hydrogens (tertiary/aromatic N) is 1. The van der Waals surface area contributed by atoms with Gasteiger partial charge in [0.15, 0.2) is 0 Å². The number of amides is 1. The minimum atomic E-state index is -4.44. The zero-order valence-corrected chi connectivity index (χ0v) is 12.7. The van der Waals surface area contributed by atoms with Crippen LogP contribution in [-0.4, -0.2) is 41.3 Å². The molecule has 0 spiro atoms. The molecule has 0 aliphatic rings. The Morgan fingerprint density at radius 3 is 2.57 bits per heavy atom. The van der Waals surface area contributed by atoms with Crippen molar-refractivity contribution >= 4 is 17.2 Å². The van der Waals surface area contributed by atoms with Crippen LogP contribution in [0.1, 0.15) is 34.0 Å². The van der Waals surface area contributed by atoms with Crippen LogP contribution in [0.5, 0.6) is 0 Å². The maximum Gasteiger partial charge on any atom is 0.406 e. The van der Waals surface area contributed by atoms with Gasteiger partial charge in [0.1, 0.15) is 13.2 Å². The lowest BCUT2D eigenvalue weighted by Gasteiger charge is -2.27. The van der Waals surface area contributed by atoms with Crippen LogP contribution >= 0.6 is 11.3 Å². The van der Waals surface area contributed by atoms with Gasteiger partial charge in [0.2, 0.25) is 0 Å². The van der Waals surface area contributed by atoms with Crippen LogP contribution in [-0.2, 0) is 0 Å². The topological polar surface area (TPSA) is 40.5 Å². The van der Waals surface area contributed by atoms with Gasteiger partial charge in [-0.05, 0) is 32.4 Å². The van der Waals surface area contributed by atoms with Gasteiger partial charge in [-0.3, -0.25) is 4.79 Å². The van der Waals surface area contributed by atoms with Gasteiger partial charge in [0, 0.05) is 6.04 Å². The van der Waals surface area contributed by atoms with E-state index in [0.717, 1.165) is 16.2 Å². The predicted octanol–water partition coefficient (Wildman–Crippen LogP) is 2.81. The zero-order chi connectivity index (χ0) is 16.2. The van der Waals surface area contributed by atoms with E-state index < -0.39 is 24.7 Å². The molecule has 116 valence electrons. The van der Waals surface area contributed by atoms with E-state index in [0.29, 0.717) is 10.4 Å². The number of halogens is 3. The fourth-order valence-electron chi connectivity index (χ4n) is 1.65. The lowest BCUT2D eigenvalue weighted by molar-refractivity contribution is -0.143. The Balaban J connectivity index is 3.05. The van der Waals surface area contributed by atoms with Crippen LogP contribution in [0.4, 0.5) is 13.2 Å². The molecule has 1 rings (SSSR count). The number of thiophene rings is 1. The third-order valence-corrected chi connectivity index (χ3v) is 3.78. The van der Waals surface area contributed by atoms with E-state index in [9.17, 15) is 18.0 Å². The van der Waals surface area contributed by atoms with Crippen LogP contribution in [0.15, 0.2) is 6.07 Å². The summed E-state index contributed by atoms with van der Waals surface area (Å²) in [5.74, 6) is 4.48. The maximum absolute atomic E-state index is 12.6. The largest absolute Gasteiger partial charge is 0.406 e. The van der Waals surface area contributed by atoms with E-state index in [1.807, 2.05) is 0 Å². The number of hydrogen-bond acceptors (Lipinski definition) is 3. The molecule has 1 heterocycles. The monoisotopic (exact) mass is 319 g/mol. The number of rotatable bonds is 3. The van der Waals surface area contributed by atoms with Crippen molar-refractivity contribution in [1.29, 1.82) is 0 Å². The predicted molar refractivity (Wildman–Crippen MR) is 75.2 cm³/mol. The molecule has 0 aliphatic heterocycles. The van der Waals surface area contributed by atoms with Crippen molar-refractivity contribution in [3.8, 4) is 11.8 Å². The van der Waals surface area contributed by atoms with E-state index in [4.69, 9.17) is 5.11 Å². The molecule has 0 unspecified atom stereocenters. The lowest BCUT2D eigenvalue weighted by atomic mass is 10.2. The first kappa shape index (κ1) is 17.5. The first-order chi connectivity index (χ1) is 9.65. The molecule has 0 atom stereocenters. The molecule has 0 aliphatic carbocycles. The van der Waals surface area contributed by atoms with Gasteiger partial charge in [-0.25, -0.2) is 0 Å². The molecule has 0 saturated carbocycles. The standard InChI is InChI=1S/C14H16F3NO2S/c1-9(2)18(8-14(15,16)17)13(20)12-7-10(3)11(21-12)5-4-6-19/h7,9,19H,6,8H2,1-3H3. The second-order valence-corrected chi connectivity index (χ2v) is 5.78. The molecule has 1 amide bonds. The summed E-state index contributed by atoms with van der Waals surface area (Å²) in [4.78, 5) is 13.8. The first-order valence-electron chi connectivity index (χ1n) is 6.23. The Kier molecular flexibility index (Phi) is 5.81. The van der Waals surface area contributed by atoms with Crippen molar-refractivity contribution in [2.75, 3.05) is 13.2 Å². The smallest absolute Gasteiger partial charge is 0.384 e. The summed E-state index contributed by atoms with van der Waals surface area (Å²) in [7, 11) is 0. The maximum atomic E-state index is 12.6. The number of carbonyl (C=O) groups is 1. The summed E-state index contributed by atoms with van der Waals surface area (Å²) in [5.41, 5.74) is 0.708. The first-order valence-corrected chi connectivity index (χ1v) is 7.05. The van der Waals surface area contributed by atoms with Gasteiger partial charge in [-0.15, -0.1) is 11.3 Å². The molecule has 0 radical (unpaired) electrons. The molecule has 0 aromatic carbocycles. The molecule has 1 aromatic rings. The Morgan fingerprint density at radius 1 is 1.48 bits per heavy atom. The van der Waals surface area contributed by atoms with Crippen LogP contribution in [0, 0.1) is 18.8 Å². The average molecular weight is 319 g/mol. The van der Waals surface area contributed by atoms with E-state index in [1.165, 1.54) is 19.9 Å². The number of hydrogen-bond donors (Lipinski definition) is 1.